The molecular weight excluding hydrogens is 459 g/mol. The first-order valence-electron chi connectivity index (χ1n) is 10.4. The van der Waals surface area contributed by atoms with E-state index in [1.54, 1.807) is 42.5 Å². The zero-order valence-corrected chi connectivity index (χ0v) is 19.2. The van der Waals surface area contributed by atoms with E-state index in [0.29, 0.717) is 39.3 Å². The molecule has 4 aromatic rings. The van der Waals surface area contributed by atoms with Crippen LogP contribution in [0.2, 0.25) is 5.02 Å². The summed E-state index contributed by atoms with van der Waals surface area (Å²) in [4.78, 5) is 20.3. The number of amidine groups is 1. The van der Waals surface area contributed by atoms with E-state index in [1.807, 2.05) is 31.2 Å². The number of amides is 1. The van der Waals surface area contributed by atoms with Gasteiger partial charge >= 0.3 is 0 Å². The number of anilines is 1. The van der Waals surface area contributed by atoms with E-state index < -0.39 is 5.82 Å². The molecule has 0 bridgehead atoms. The molecule has 0 spiro atoms. The molecule has 3 aromatic carbocycles. The van der Waals surface area contributed by atoms with Crippen LogP contribution >= 0.6 is 22.9 Å². The first kappa shape index (κ1) is 21.4. The lowest BCUT2D eigenvalue weighted by molar-refractivity contribution is -0.113. The molecule has 0 saturated carbocycles. The summed E-state index contributed by atoms with van der Waals surface area (Å²) in [6.45, 7) is 2.45. The number of halogens is 2. The normalized spacial score (nSPS) is 14.9. The topological polar surface area (TPSA) is 41.9 Å². The van der Waals surface area contributed by atoms with Crippen LogP contribution in [0.25, 0.3) is 16.2 Å². The molecule has 2 heterocycles. The van der Waals surface area contributed by atoms with Gasteiger partial charge in [-0.1, -0.05) is 48.0 Å². The second-order valence-corrected chi connectivity index (χ2v) is 8.73. The first-order valence-corrected chi connectivity index (χ1v) is 11.6. The van der Waals surface area contributed by atoms with Crippen LogP contribution < -0.4 is 9.64 Å². The third kappa shape index (κ3) is 3.92. The lowest BCUT2D eigenvalue weighted by atomic mass is 10.1. The fourth-order valence-electron chi connectivity index (χ4n) is 3.66. The van der Waals surface area contributed by atoms with Crippen LogP contribution in [-0.2, 0) is 4.79 Å². The van der Waals surface area contributed by atoms with Gasteiger partial charge < -0.3 is 4.74 Å². The van der Waals surface area contributed by atoms with Crippen molar-refractivity contribution in [1.29, 1.82) is 0 Å². The van der Waals surface area contributed by atoms with Crippen molar-refractivity contribution in [2.45, 2.75) is 6.92 Å². The molecule has 1 amide bonds. The molecule has 7 heteroatoms. The summed E-state index contributed by atoms with van der Waals surface area (Å²) in [5.74, 6) is 0.339. The van der Waals surface area contributed by atoms with Crippen molar-refractivity contribution in [3.63, 3.8) is 0 Å². The fourth-order valence-corrected chi connectivity index (χ4v) is 5.16. The lowest BCUT2D eigenvalue weighted by Gasteiger charge is -2.18. The molecule has 0 atom stereocenters. The highest BCUT2D eigenvalue weighted by atomic mass is 35.5. The van der Waals surface area contributed by atoms with Crippen LogP contribution in [0, 0.1) is 5.82 Å². The molecule has 5 rings (SSSR count). The van der Waals surface area contributed by atoms with E-state index >= 15 is 0 Å². The second kappa shape index (κ2) is 8.81. The van der Waals surface area contributed by atoms with Crippen molar-refractivity contribution < 1.29 is 13.9 Å². The van der Waals surface area contributed by atoms with Gasteiger partial charge in [0.25, 0.3) is 5.91 Å². The molecule has 0 N–H and O–H groups in total. The molecule has 164 valence electrons. The molecule has 0 fully saturated rings. The maximum absolute atomic E-state index is 14.3. The van der Waals surface area contributed by atoms with Crippen LogP contribution in [0.1, 0.15) is 17.4 Å². The Labute approximate surface area is 199 Å². The minimum absolute atomic E-state index is 0.137. The van der Waals surface area contributed by atoms with Gasteiger partial charge in [0, 0.05) is 15.6 Å². The number of carbonyl (C=O) groups is 1. The number of hydrogen-bond donors (Lipinski definition) is 0. The minimum atomic E-state index is -0.422. The Morgan fingerprint density at radius 1 is 1.06 bits per heavy atom. The van der Waals surface area contributed by atoms with Gasteiger partial charge in [-0.25, -0.2) is 9.38 Å². The average molecular weight is 477 g/mol. The van der Waals surface area contributed by atoms with Crippen molar-refractivity contribution in [3.8, 4) is 5.75 Å². The predicted molar refractivity (Wildman–Crippen MR) is 133 cm³/mol. The number of rotatable bonds is 5. The van der Waals surface area contributed by atoms with Gasteiger partial charge in [0.15, 0.2) is 5.84 Å². The van der Waals surface area contributed by atoms with Crippen molar-refractivity contribution >= 4 is 56.5 Å². The Kier molecular flexibility index (Phi) is 5.70. The average Bonchev–Trinajstić information content (AvgIpc) is 3.33. The highest BCUT2D eigenvalue weighted by molar-refractivity contribution is 7.21. The summed E-state index contributed by atoms with van der Waals surface area (Å²) < 4.78 is 20.8. The van der Waals surface area contributed by atoms with E-state index in [2.05, 4.69) is 4.99 Å². The van der Waals surface area contributed by atoms with Gasteiger partial charge in [-0.2, -0.15) is 0 Å². The SMILES string of the molecule is CCOc1ccc(N2C(=O)/C(=C\c3ccccc3F)N=C2c2sc3ccccc3c2Cl)cc1. The minimum Gasteiger partial charge on any atom is -0.494 e. The van der Waals surface area contributed by atoms with Gasteiger partial charge in [-0.3, -0.25) is 9.69 Å². The number of nitrogens with zero attached hydrogens (tertiary/aromatic N) is 2. The quantitative estimate of drug-likeness (QED) is 0.293. The number of benzene rings is 3. The monoisotopic (exact) mass is 476 g/mol. The Morgan fingerprint density at radius 3 is 2.52 bits per heavy atom. The van der Waals surface area contributed by atoms with Gasteiger partial charge in [-0.15, -0.1) is 11.3 Å². The van der Waals surface area contributed by atoms with Gasteiger partial charge in [-0.05, 0) is 49.4 Å². The summed E-state index contributed by atoms with van der Waals surface area (Å²) in [5.41, 5.74) is 1.05. The van der Waals surface area contributed by atoms with E-state index in [1.165, 1.54) is 28.4 Å². The molecule has 1 aliphatic rings. The largest absolute Gasteiger partial charge is 0.494 e. The zero-order chi connectivity index (χ0) is 22.9. The maximum Gasteiger partial charge on any atom is 0.282 e. The van der Waals surface area contributed by atoms with E-state index in [4.69, 9.17) is 16.3 Å². The van der Waals surface area contributed by atoms with Crippen LogP contribution in [-0.4, -0.2) is 18.3 Å². The van der Waals surface area contributed by atoms with Crippen LogP contribution in [0.4, 0.5) is 10.1 Å². The molecule has 1 aliphatic heterocycles. The Balaban J connectivity index is 1.66. The smallest absolute Gasteiger partial charge is 0.282 e. The van der Waals surface area contributed by atoms with Crippen LogP contribution in [0.15, 0.2) is 83.5 Å². The number of hydrogen-bond acceptors (Lipinski definition) is 4. The molecule has 1 aromatic heterocycles. The molecule has 0 saturated heterocycles. The number of aliphatic imine (C=N–C) groups is 1. The van der Waals surface area contributed by atoms with E-state index in [-0.39, 0.29) is 11.6 Å². The Morgan fingerprint density at radius 2 is 1.79 bits per heavy atom. The lowest BCUT2D eigenvalue weighted by Crippen LogP contribution is -2.32. The molecule has 0 radical (unpaired) electrons. The summed E-state index contributed by atoms with van der Waals surface area (Å²) in [6, 6.07) is 21.2. The predicted octanol–water partition coefficient (Wildman–Crippen LogP) is 6.93. The van der Waals surface area contributed by atoms with Crippen molar-refractivity contribution in [3.05, 3.63) is 99.8 Å². The third-order valence-electron chi connectivity index (χ3n) is 5.20. The summed E-state index contributed by atoms with van der Waals surface area (Å²) in [5, 5.41) is 1.43. The van der Waals surface area contributed by atoms with Crippen LogP contribution in [0.5, 0.6) is 5.75 Å². The maximum atomic E-state index is 14.3. The summed E-state index contributed by atoms with van der Waals surface area (Å²) >= 11 is 8.19. The molecule has 4 nitrogen and oxygen atoms in total. The molecular formula is C26H18ClFN2O2S. The van der Waals surface area contributed by atoms with Crippen LogP contribution in [0.3, 0.4) is 0 Å². The second-order valence-electron chi connectivity index (χ2n) is 7.30. The highest BCUT2D eigenvalue weighted by Gasteiger charge is 2.35. The van der Waals surface area contributed by atoms with Crippen molar-refractivity contribution in [2.75, 3.05) is 11.5 Å². The number of carbonyl (C=O) groups excluding carboxylic acids is 1. The summed E-state index contributed by atoms with van der Waals surface area (Å²) in [6.07, 6.45) is 1.47. The fraction of sp³-hybridized carbons (Fsp3) is 0.0769. The van der Waals surface area contributed by atoms with E-state index in [0.717, 1.165) is 10.1 Å². The van der Waals surface area contributed by atoms with E-state index in [9.17, 15) is 9.18 Å². The van der Waals surface area contributed by atoms with Gasteiger partial charge in [0.2, 0.25) is 0 Å². The molecule has 33 heavy (non-hydrogen) atoms. The standard InChI is InChI=1S/C26H18ClFN2O2S/c1-2-32-18-13-11-17(12-14-18)30-25(24-23(27)19-8-4-6-10-22(19)33-24)29-21(26(30)31)15-16-7-3-5-9-20(16)28/h3-15H,2H2,1H3/b21-15+. The first-order chi connectivity index (χ1) is 16.1. The molecule has 0 unspecified atom stereocenters. The zero-order valence-electron chi connectivity index (χ0n) is 17.6. The molecule has 0 aliphatic carbocycles. The third-order valence-corrected chi connectivity index (χ3v) is 6.87. The highest BCUT2D eigenvalue weighted by Crippen LogP contribution is 2.39. The number of thiophene rings is 1. The summed E-state index contributed by atoms with van der Waals surface area (Å²) in [7, 11) is 0. The Bertz CT molecular complexity index is 1430. The van der Waals surface area contributed by atoms with Gasteiger partial charge in [0.1, 0.15) is 17.3 Å². The Hall–Kier alpha value is -3.48. The van der Waals surface area contributed by atoms with Crippen molar-refractivity contribution in [1.82, 2.24) is 0 Å². The van der Waals surface area contributed by atoms with Crippen molar-refractivity contribution in [2.24, 2.45) is 4.99 Å². The number of ether oxygens (including phenoxy) is 1. The number of fused-ring (bicyclic) bond motifs is 1. The van der Waals surface area contributed by atoms with Gasteiger partial charge in [0.05, 0.1) is 22.2 Å².